The fourth-order valence-electron chi connectivity index (χ4n) is 3.35. The molecule has 2 N–H and O–H groups in total. The van der Waals surface area contributed by atoms with Crippen LogP contribution in [0.2, 0.25) is 0 Å². The molecule has 0 fully saturated rings. The number of thioether (sulfide) groups is 1. The van der Waals surface area contributed by atoms with Gasteiger partial charge in [0, 0.05) is 20.7 Å². The van der Waals surface area contributed by atoms with Gasteiger partial charge >= 0.3 is 6.03 Å². The van der Waals surface area contributed by atoms with Crippen molar-refractivity contribution in [2.24, 2.45) is 0 Å². The molecular weight excluding hydrogens is 474 g/mol. The summed E-state index contributed by atoms with van der Waals surface area (Å²) in [6.07, 6.45) is 0. The zero-order valence-electron chi connectivity index (χ0n) is 17.2. The van der Waals surface area contributed by atoms with E-state index >= 15 is 0 Å². The van der Waals surface area contributed by atoms with E-state index in [1.54, 1.807) is 4.90 Å². The summed E-state index contributed by atoms with van der Waals surface area (Å²) in [6, 6.07) is 19.1. The maximum atomic E-state index is 12.7. The highest BCUT2D eigenvalue weighted by Crippen LogP contribution is 2.38. The molecule has 4 rings (SSSR count). The maximum Gasteiger partial charge on any atom is 0.323 e. The number of carbonyl (C=O) groups excluding carboxylic acids is 2. The summed E-state index contributed by atoms with van der Waals surface area (Å²) in [7, 11) is 0. The minimum atomic E-state index is -0.332. The number of hydrogen-bond acceptors (Lipinski definition) is 3. The number of aryl methyl sites for hydroxylation is 2. The van der Waals surface area contributed by atoms with Gasteiger partial charge in [-0.3, -0.25) is 4.79 Å². The number of carbonyl (C=O) groups is 2. The molecule has 1 aliphatic heterocycles. The molecule has 158 valence electrons. The first-order chi connectivity index (χ1) is 14.9. The van der Waals surface area contributed by atoms with Crippen molar-refractivity contribution in [2.45, 2.75) is 25.3 Å². The number of hydrogen-bond donors (Lipinski definition) is 2. The maximum absolute atomic E-state index is 12.7. The van der Waals surface area contributed by atoms with Gasteiger partial charge in [0.05, 0.1) is 18.0 Å². The van der Waals surface area contributed by atoms with Crippen molar-refractivity contribution in [3.8, 4) is 0 Å². The SMILES string of the molecule is Cc1ccc(CN2C(=O)CSc3ccc(NC(=O)Nc4ccc(Br)c(C)c4)cc32)cc1. The first kappa shape index (κ1) is 21.5. The average molecular weight is 496 g/mol. The highest BCUT2D eigenvalue weighted by molar-refractivity contribution is 9.10. The van der Waals surface area contributed by atoms with Gasteiger partial charge in [0.2, 0.25) is 5.91 Å². The Bertz CT molecular complexity index is 1150. The molecule has 7 heteroatoms. The van der Waals surface area contributed by atoms with Gasteiger partial charge < -0.3 is 15.5 Å². The third kappa shape index (κ3) is 5.11. The number of fused-ring (bicyclic) bond motifs is 1. The summed E-state index contributed by atoms with van der Waals surface area (Å²) in [5, 5.41) is 5.72. The third-order valence-corrected chi connectivity index (χ3v) is 6.97. The van der Waals surface area contributed by atoms with Crippen molar-refractivity contribution in [1.29, 1.82) is 0 Å². The van der Waals surface area contributed by atoms with Crippen LogP contribution < -0.4 is 15.5 Å². The summed E-state index contributed by atoms with van der Waals surface area (Å²) < 4.78 is 0.990. The lowest BCUT2D eigenvalue weighted by Crippen LogP contribution is -2.34. The quantitative estimate of drug-likeness (QED) is 0.443. The van der Waals surface area contributed by atoms with E-state index in [-0.39, 0.29) is 11.9 Å². The van der Waals surface area contributed by atoms with Crippen LogP contribution in [0.25, 0.3) is 0 Å². The van der Waals surface area contributed by atoms with Gasteiger partial charge in [-0.25, -0.2) is 4.79 Å². The van der Waals surface area contributed by atoms with Gasteiger partial charge in [0.1, 0.15) is 0 Å². The Morgan fingerprint density at radius 1 is 1.00 bits per heavy atom. The monoisotopic (exact) mass is 495 g/mol. The molecule has 0 bridgehead atoms. The molecule has 0 aromatic heterocycles. The van der Waals surface area contributed by atoms with E-state index in [1.807, 2.05) is 74.5 Å². The molecule has 3 aromatic carbocycles. The topological polar surface area (TPSA) is 61.4 Å². The lowest BCUT2D eigenvalue weighted by molar-refractivity contribution is -0.116. The second-order valence-corrected chi connectivity index (χ2v) is 9.35. The zero-order chi connectivity index (χ0) is 22.0. The number of rotatable bonds is 4. The van der Waals surface area contributed by atoms with Crippen molar-refractivity contribution >= 4 is 56.7 Å². The summed E-state index contributed by atoms with van der Waals surface area (Å²) in [4.78, 5) is 28.0. The highest BCUT2D eigenvalue weighted by atomic mass is 79.9. The van der Waals surface area contributed by atoms with Gasteiger partial charge in [0.15, 0.2) is 0 Å². The van der Waals surface area contributed by atoms with Crippen molar-refractivity contribution in [3.63, 3.8) is 0 Å². The largest absolute Gasteiger partial charge is 0.323 e. The van der Waals surface area contributed by atoms with E-state index in [0.717, 1.165) is 26.2 Å². The lowest BCUT2D eigenvalue weighted by atomic mass is 10.1. The highest BCUT2D eigenvalue weighted by Gasteiger charge is 2.25. The molecule has 0 aliphatic carbocycles. The second kappa shape index (κ2) is 9.16. The van der Waals surface area contributed by atoms with Gasteiger partial charge in [-0.15, -0.1) is 11.8 Å². The Morgan fingerprint density at radius 3 is 2.39 bits per heavy atom. The fraction of sp³-hybridized carbons (Fsp3) is 0.167. The standard InChI is InChI=1S/C24H22BrN3O2S/c1-15-3-5-17(6-4-15)13-28-21-12-19(8-10-22(21)31-14-23(28)29)27-24(30)26-18-7-9-20(25)16(2)11-18/h3-12H,13-14H2,1-2H3,(H2,26,27,30). The molecule has 0 atom stereocenters. The number of anilines is 3. The molecule has 0 radical (unpaired) electrons. The Kier molecular flexibility index (Phi) is 6.34. The Morgan fingerprint density at radius 2 is 1.68 bits per heavy atom. The minimum Gasteiger partial charge on any atom is -0.308 e. The van der Waals surface area contributed by atoms with Crippen LogP contribution in [-0.4, -0.2) is 17.7 Å². The van der Waals surface area contributed by atoms with Gasteiger partial charge in [-0.2, -0.15) is 0 Å². The van der Waals surface area contributed by atoms with Crippen LogP contribution in [0, 0.1) is 13.8 Å². The van der Waals surface area contributed by atoms with E-state index in [9.17, 15) is 9.59 Å². The van der Waals surface area contributed by atoms with Crippen LogP contribution in [0.1, 0.15) is 16.7 Å². The zero-order valence-corrected chi connectivity index (χ0v) is 19.6. The minimum absolute atomic E-state index is 0.0602. The molecule has 1 aliphatic rings. The van der Waals surface area contributed by atoms with Crippen LogP contribution in [0.3, 0.4) is 0 Å². The predicted octanol–water partition coefficient (Wildman–Crippen LogP) is 6.35. The van der Waals surface area contributed by atoms with Crippen LogP contribution in [0.5, 0.6) is 0 Å². The van der Waals surface area contributed by atoms with Crippen molar-refractivity contribution in [3.05, 3.63) is 81.8 Å². The van der Waals surface area contributed by atoms with Crippen molar-refractivity contribution < 1.29 is 9.59 Å². The van der Waals surface area contributed by atoms with Crippen LogP contribution in [0.4, 0.5) is 21.9 Å². The molecule has 0 saturated carbocycles. The molecule has 0 spiro atoms. The number of benzene rings is 3. The van der Waals surface area contributed by atoms with E-state index < -0.39 is 0 Å². The van der Waals surface area contributed by atoms with Gasteiger partial charge in [0.25, 0.3) is 0 Å². The summed E-state index contributed by atoms with van der Waals surface area (Å²) >= 11 is 4.98. The third-order valence-electron chi connectivity index (χ3n) is 5.04. The number of halogens is 1. The smallest absolute Gasteiger partial charge is 0.308 e. The fourth-order valence-corrected chi connectivity index (χ4v) is 4.51. The molecule has 5 nitrogen and oxygen atoms in total. The second-order valence-electron chi connectivity index (χ2n) is 7.48. The van der Waals surface area contributed by atoms with E-state index in [4.69, 9.17) is 0 Å². The normalized spacial score (nSPS) is 13.0. The molecular formula is C24H22BrN3O2S. The molecule has 3 aromatic rings. The number of nitrogens with one attached hydrogen (secondary N) is 2. The molecule has 0 unspecified atom stereocenters. The summed E-state index contributed by atoms with van der Waals surface area (Å²) in [6.45, 7) is 4.51. The Hall–Kier alpha value is -2.77. The Labute approximate surface area is 194 Å². The molecule has 0 saturated heterocycles. The van der Waals surface area contributed by atoms with E-state index in [1.165, 1.54) is 17.3 Å². The predicted molar refractivity (Wildman–Crippen MR) is 131 cm³/mol. The summed E-state index contributed by atoms with van der Waals surface area (Å²) in [5.74, 6) is 0.472. The van der Waals surface area contributed by atoms with Crippen LogP contribution in [-0.2, 0) is 11.3 Å². The Balaban J connectivity index is 1.52. The number of nitrogens with zero attached hydrogens (tertiary/aromatic N) is 1. The van der Waals surface area contributed by atoms with Crippen LogP contribution in [0.15, 0.2) is 70.0 Å². The van der Waals surface area contributed by atoms with E-state index in [0.29, 0.717) is 23.7 Å². The molecule has 31 heavy (non-hydrogen) atoms. The molecule has 1 heterocycles. The first-order valence-corrected chi connectivity index (χ1v) is 11.6. The number of amides is 3. The average Bonchev–Trinajstić information content (AvgIpc) is 2.74. The lowest BCUT2D eigenvalue weighted by Gasteiger charge is -2.29. The van der Waals surface area contributed by atoms with Gasteiger partial charge in [-0.1, -0.05) is 45.8 Å². The first-order valence-electron chi connectivity index (χ1n) is 9.86. The summed E-state index contributed by atoms with van der Waals surface area (Å²) in [5.41, 5.74) is 5.45. The van der Waals surface area contributed by atoms with Crippen molar-refractivity contribution in [2.75, 3.05) is 21.3 Å². The molecule has 3 amide bonds. The number of urea groups is 1. The van der Waals surface area contributed by atoms with Crippen LogP contribution >= 0.6 is 27.7 Å². The van der Waals surface area contributed by atoms with Crippen molar-refractivity contribution in [1.82, 2.24) is 0 Å². The van der Waals surface area contributed by atoms with E-state index in [2.05, 4.69) is 26.6 Å². The van der Waals surface area contributed by atoms with Gasteiger partial charge in [-0.05, 0) is 61.4 Å².